The number of carbonyl (C=O) groups is 1. The van der Waals surface area contributed by atoms with Crippen LogP contribution < -0.4 is 5.32 Å². The van der Waals surface area contributed by atoms with Crippen molar-refractivity contribution in [1.82, 2.24) is 13.9 Å². The molecule has 0 saturated carbocycles. The summed E-state index contributed by atoms with van der Waals surface area (Å²) >= 11 is 5.88. The minimum absolute atomic E-state index is 0.118. The number of hydrogen-bond acceptors (Lipinski definition) is 4. The smallest absolute Gasteiger partial charge is 0.243 e. The number of aryl methyl sites for hydroxylation is 2. The molecule has 0 radical (unpaired) electrons. The fraction of sp³-hybridized carbons (Fsp3) is 0.391. The molecule has 9 heteroatoms. The van der Waals surface area contributed by atoms with Crippen molar-refractivity contribution >= 4 is 44.3 Å². The second kappa shape index (κ2) is 10.5. The summed E-state index contributed by atoms with van der Waals surface area (Å²) < 4.78 is 29.3. The van der Waals surface area contributed by atoms with Crippen molar-refractivity contribution in [3.8, 4) is 0 Å². The molecule has 0 aliphatic heterocycles. The lowest BCUT2D eigenvalue weighted by Crippen LogP contribution is -2.30. The number of aromatic nitrogens is 2. The maximum Gasteiger partial charge on any atom is 0.243 e. The molecule has 0 fully saturated rings. The Balaban J connectivity index is 1.83. The number of fused-ring (bicyclic) bond motifs is 1. The van der Waals surface area contributed by atoms with E-state index < -0.39 is 10.0 Å². The van der Waals surface area contributed by atoms with E-state index in [4.69, 9.17) is 11.6 Å². The van der Waals surface area contributed by atoms with E-state index in [1.807, 2.05) is 19.9 Å². The number of rotatable bonds is 10. The first-order chi connectivity index (χ1) is 15.3. The third kappa shape index (κ3) is 5.31. The lowest BCUT2D eigenvalue weighted by atomic mass is 10.2. The number of benzene rings is 2. The molecular weight excluding hydrogens is 448 g/mol. The van der Waals surface area contributed by atoms with Crippen LogP contribution in [0.25, 0.3) is 11.0 Å². The number of halogens is 1. The number of anilines is 1. The van der Waals surface area contributed by atoms with E-state index in [1.54, 1.807) is 36.4 Å². The molecule has 172 valence electrons. The van der Waals surface area contributed by atoms with Gasteiger partial charge in [-0.2, -0.15) is 4.31 Å². The van der Waals surface area contributed by atoms with Crippen LogP contribution in [0, 0.1) is 0 Å². The minimum atomic E-state index is -3.56. The number of amides is 1. The summed E-state index contributed by atoms with van der Waals surface area (Å²) in [5, 5.41) is 3.47. The fourth-order valence-electron chi connectivity index (χ4n) is 3.68. The maximum atomic E-state index is 12.9. The lowest BCUT2D eigenvalue weighted by molar-refractivity contribution is -0.116. The topological polar surface area (TPSA) is 84.3 Å². The van der Waals surface area contributed by atoms with E-state index in [2.05, 4.69) is 21.8 Å². The second-order valence-corrected chi connectivity index (χ2v) is 9.85. The molecule has 32 heavy (non-hydrogen) atoms. The molecule has 0 unspecified atom stereocenters. The van der Waals surface area contributed by atoms with Gasteiger partial charge in [-0.05, 0) is 48.9 Å². The van der Waals surface area contributed by atoms with Gasteiger partial charge in [0.2, 0.25) is 15.9 Å². The van der Waals surface area contributed by atoms with Gasteiger partial charge in [0.05, 0.1) is 15.9 Å². The zero-order chi connectivity index (χ0) is 23.3. The molecule has 7 nitrogen and oxygen atoms in total. The van der Waals surface area contributed by atoms with Crippen LogP contribution in [-0.2, 0) is 27.8 Å². The van der Waals surface area contributed by atoms with E-state index in [1.165, 1.54) is 4.31 Å². The van der Waals surface area contributed by atoms with Crippen molar-refractivity contribution in [2.45, 2.75) is 51.5 Å². The molecule has 1 aromatic heterocycles. The number of sulfonamides is 1. The fourth-order valence-corrected chi connectivity index (χ4v) is 5.28. The van der Waals surface area contributed by atoms with Gasteiger partial charge in [-0.25, -0.2) is 13.4 Å². The van der Waals surface area contributed by atoms with Crippen molar-refractivity contribution < 1.29 is 13.2 Å². The van der Waals surface area contributed by atoms with Crippen molar-refractivity contribution in [2.75, 3.05) is 18.4 Å². The van der Waals surface area contributed by atoms with Crippen molar-refractivity contribution in [3.05, 3.63) is 53.3 Å². The summed E-state index contributed by atoms with van der Waals surface area (Å²) in [6.07, 6.45) is 1.61. The van der Waals surface area contributed by atoms with Gasteiger partial charge in [-0.1, -0.05) is 32.4 Å². The van der Waals surface area contributed by atoms with Gasteiger partial charge in [0, 0.05) is 43.2 Å². The highest BCUT2D eigenvalue weighted by atomic mass is 35.5. The molecule has 0 saturated heterocycles. The van der Waals surface area contributed by atoms with Crippen molar-refractivity contribution in [3.63, 3.8) is 0 Å². The zero-order valence-electron chi connectivity index (χ0n) is 18.6. The summed E-state index contributed by atoms with van der Waals surface area (Å²) in [6.45, 7) is 7.28. The zero-order valence-corrected chi connectivity index (χ0v) is 20.2. The second-order valence-electron chi connectivity index (χ2n) is 7.47. The molecule has 0 atom stereocenters. The van der Waals surface area contributed by atoms with E-state index in [0.717, 1.165) is 24.3 Å². The van der Waals surface area contributed by atoms with Crippen LogP contribution in [0.5, 0.6) is 0 Å². The Morgan fingerprint density at radius 3 is 2.41 bits per heavy atom. The molecule has 0 bridgehead atoms. The predicted octanol–water partition coefficient (Wildman–Crippen LogP) is 4.70. The summed E-state index contributed by atoms with van der Waals surface area (Å²) in [6, 6.07) is 12.0. The minimum Gasteiger partial charge on any atom is -0.328 e. The molecule has 2 aromatic carbocycles. The predicted molar refractivity (Wildman–Crippen MR) is 129 cm³/mol. The lowest BCUT2D eigenvalue weighted by Gasteiger charge is -2.18. The van der Waals surface area contributed by atoms with Gasteiger partial charge in [0.15, 0.2) is 0 Å². The van der Waals surface area contributed by atoms with E-state index in [0.29, 0.717) is 35.7 Å². The van der Waals surface area contributed by atoms with Gasteiger partial charge >= 0.3 is 0 Å². The van der Waals surface area contributed by atoms with Gasteiger partial charge in [0.25, 0.3) is 0 Å². The Hall–Kier alpha value is -2.42. The molecule has 1 N–H and O–H groups in total. The number of nitrogens with zero attached hydrogens (tertiary/aromatic N) is 3. The molecule has 0 aliphatic rings. The van der Waals surface area contributed by atoms with E-state index in [9.17, 15) is 13.2 Å². The highest BCUT2D eigenvalue weighted by molar-refractivity contribution is 7.89. The third-order valence-electron chi connectivity index (χ3n) is 5.29. The number of imidazole rings is 1. The number of carbonyl (C=O) groups excluding carboxylic acids is 1. The highest BCUT2D eigenvalue weighted by Crippen LogP contribution is 2.24. The van der Waals surface area contributed by atoms with Crippen LogP contribution >= 0.6 is 11.6 Å². The monoisotopic (exact) mass is 476 g/mol. The molecule has 0 spiro atoms. The normalized spacial score (nSPS) is 11.9. The summed E-state index contributed by atoms with van der Waals surface area (Å²) in [4.78, 5) is 17.3. The Morgan fingerprint density at radius 1 is 1.09 bits per heavy atom. The van der Waals surface area contributed by atoms with Crippen LogP contribution in [0.2, 0.25) is 5.02 Å². The third-order valence-corrected chi connectivity index (χ3v) is 7.59. The van der Waals surface area contributed by atoms with Crippen LogP contribution in [0.4, 0.5) is 5.69 Å². The Morgan fingerprint density at radius 2 is 1.78 bits per heavy atom. The van der Waals surface area contributed by atoms with Crippen molar-refractivity contribution in [1.29, 1.82) is 0 Å². The largest absolute Gasteiger partial charge is 0.328 e. The molecule has 3 aromatic rings. The molecule has 1 amide bonds. The average molecular weight is 477 g/mol. The first-order valence-electron chi connectivity index (χ1n) is 10.8. The highest BCUT2D eigenvalue weighted by Gasteiger charge is 2.23. The van der Waals surface area contributed by atoms with Crippen molar-refractivity contribution in [2.24, 2.45) is 0 Å². The molecule has 3 rings (SSSR count). The Labute approximate surface area is 194 Å². The Kier molecular flexibility index (Phi) is 7.92. The van der Waals surface area contributed by atoms with Gasteiger partial charge in [-0.15, -0.1) is 0 Å². The van der Waals surface area contributed by atoms with Gasteiger partial charge < -0.3 is 9.88 Å². The molecule has 1 heterocycles. The summed E-state index contributed by atoms with van der Waals surface area (Å²) in [5.74, 6) is 0.651. The first kappa shape index (κ1) is 24.2. The Bertz CT molecular complexity index is 1190. The van der Waals surface area contributed by atoms with Crippen LogP contribution in [0.1, 0.15) is 39.4 Å². The van der Waals surface area contributed by atoms with E-state index in [-0.39, 0.29) is 17.2 Å². The van der Waals surface area contributed by atoms with E-state index >= 15 is 0 Å². The van der Waals surface area contributed by atoms with Gasteiger partial charge in [-0.3, -0.25) is 4.79 Å². The summed E-state index contributed by atoms with van der Waals surface area (Å²) in [5.41, 5.74) is 2.19. The maximum absolute atomic E-state index is 12.9. The first-order valence-corrected chi connectivity index (χ1v) is 12.7. The summed E-state index contributed by atoms with van der Waals surface area (Å²) in [7, 11) is -3.56. The average Bonchev–Trinajstić information content (AvgIpc) is 3.11. The van der Waals surface area contributed by atoms with Crippen LogP contribution in [0.15, 0.2) is 47.4 Å². The van der Waals surface area contributed by atoms with Gasteiger partial charge in [0.1, 0.15) is 5.82 Å². The molecular formula is C23H29ClN4O3S. The molecule has 0 aliphatic carbocycles. The van der Waals surface area contributed by atoms with Crippen LogP contribution in [-0.4, -0.2) is 41.3 Å². The number of hydrogen-bond donors (Lipinski definition) is 1. The van der Waals surface area contributed by atoms with Crippen LogP contribution in [0.3, 0.4) is 0 Å². The quantitative estimate of drug-likeness (QED) is 0.459. The number of nitrogens with one attached hydrogen (secondary N) is 1. The SMILES string of the molecule is CCCn1c(CCC(=O)Nc2ccc(Cl)cc2)nc2cc(S(=O)(=O)N(CC)CC)ccc21. The standard InChI is InChI=1S/C23H29ClN4O3S/c1-4-15-28-21-12-11-19(32(30,31)27(5-2)6-3)16-20(21)26-22(28)13-14-23(29)25-18-9-7-17(24)8-10-18/h7-12,16H,4-6,13-15H2,1-3H3,(H,25,29).